The molecule has 0 N–H and O–H groups in total. The number of sulfone groups is 1. The van der Waals surface area contributed by atoms with E-state index in [0.29, 0.717) is 11.5 Å². The fourth-order valence-corrected chi connectivity index (χ4v) is 3.96. The first-order chi connectivity index (χ1) is 11.1. The fourth-order valence-electron chi connectivity index (χ4n) is 2.55. The summed E-state index contributed by atoms with van der Waals surface area (Å²) in [5.74, 6) is 0.342. The second-order valence-electron chi connectivity index (χ2n) is 5.66. The van der Waals surface area contributed by atoms with E-state index in [1.807, 2.05) is 30.3 Å². The summed E-state index contributed by atoms with van der Waals surface area (Å²) in [7, 11) is -3.55. The number of hydrogen-bond acceptors (Lipinski definition) is 5. The Labute approximate surface area is 133 Å². The third-order valence-electron chi connectivity index (χ3n) is 3.81. The Kier molecular flexibility index (Phi) is 3.30. The molecule has 3 aromatic rings. The summed E-state index contributed by atoms with van der Waals surface area (Å²) in [5.41, 5.74) is 1.25. The highest BCUT2D eigenvalue weighted by atomic mass is 32.2. The summed E-state index contributed by atoms with van der Waals surface area (Å²) in [6.45, 7) is 0. The van der Waals surface area contributed by atoms with E-state index < -0.39 is 9.84 Å². The molecule has 4 rings (SSSR count). The van der Waals surface area contributed by atoms with Gasteiger partial charge in [0, 0.05) is 30.1 Å². The van der Waals surface area contributed by atoms with E-state index in [4.69, 9.17) is 4.52 Å². The molecular weight excluding hydrogens is 314 g/mol. The summed E-state index contributed by atoms with van der Waals surface area (Å²) in [4.78, 5) is 4.03. The van der Waals surface area contributed by atoms with Crippen LogP contribution in [0.4, 0.5) is 0 Å². The first-order valence-electron chi connectivity index (χ1n) is 7.40. The Morgan fingerprint density at radius 3 is 2.74 bits per heavy atom. The largest absolute Gasteiger partial charge is 0.356 e. The molecule has 0 spiro atoms. The van der Waals surface area contributed by atoms with Crippen LogP contribution in [-0.2, 0) is 15.6 Å². The molecule has 118 valence electrons. The molecule has 1 aliphatic carbocycles. The van der Waals surface area contributed by atoms with Crippen LogP contribution in [0.25, 0.3) is 11.3 Å². The second-order valence-corrected chi connectivity index (χ2v) is 7.54. The van der Waals surface area contributed by atoms with E-state index in [-0.39, 0.29) is 17.0 Å². The summed E-state index contributed by atoms with van der Waals surface area (Å²) < 4.78 is 32.2. The molecule has 0 aliphatic heterocycles. The van der Waals surface area contributed by atoms with Gasteiger partial charge in [-0.1, -0.05) is 35.5 Å². The highest BCUT2D eigenvalue weighted by Crippen LogP contribution is 2.37. The number of nitrogens with zero attached hydrogens (tertiary/aromatic N) is 3. The predicted octanol–water partition coefficient (Wildman–Crippen LogP) is 2.85. The van der Waals surface area contributed by atoms with Gasteiger partial charge in [0.15, 0.2) is 5.76 Å². The highest BCUT2D eigenvalue weighted by molar-refractivity contribution is 7.90. The zero-order chi connectivity index (χ0) is 15.9. The van der Waals surface area contributed by atoms with E-state index in [9.17, 15) is 8.42 Å². The molecule has 1 fully saturated rings. The van der Waals surface area contributed by atoms with Crippen molar-refractivity contribution in [2.45, 2.75) is 29.8 Å². The van der Waals surface area contributed by atoms with E-state index >= 15 is 0 Å². The van der Waals surface area contributed by atoms with Crippen molar-refractivity contribution >= 4 is 9.84 Å². The Balaban J connectivity index is 1.60. The summed E-state index contributed by atoms with van der Waals surface area (Å²) in [5, 5.41) is 4.00. The maximum Gasteiger partial charge on any atom is 0.228 e. The van der Waals surface area contributed by atoms with E-state index in [1.165, 1.54) is 6.20 Å². The average molecular weight is 329 g/mol. The summed E-state index contributed by atoms with van der Waals surface area (Å²) in [6, 6.07) is 11.4. The monoisotopic (exact) mass is 329 g/mol. The highest BCUT2D eigenvalue weighted by Gasteiger charge is 2.31. The lowest BCUT2D eigenvalue weighted by molar-refractivity contribution is 0.425. The van der Waals surface area contributed by atoms with Gasteiger partial charge in [0.05, 0.1) is 5.69 Å². The van der Waals surface area contributed by atoms with Gasteiger partial charge < -0.3 is 9.09 Å². The van der Waals surface area contributed by atoms with Crippen molar-refractivity contribution < 1.29 is 12.9 Å². The third kappa shape index (κ3) is 2.79. The zero-order valence-electron chi connectivity index (χ0n) is 12.3. The maximum atomic E-state index is 12.6. The number of rotatable bonds is 5. The lowest BCUT2D eigenvalue weighted by Crippen LogP contribution is -2.12. The van der Waals surface area contributed by atoms with Gasteiger partial charge in [-0.2, -0.15) is 0 Å². The van der Waals surface area contributed by atoms with E-state index in [2.05, 4.69) is 10.1 Å². The first-order valence-corrected chi connectivity index (χ1v) is 9.05. The summed E-state index contributed by atoms with van der Waals surface area (Å²) in [6.07, 6.45) is 5.26. The Bertz CT molecular complexity index is 924. The van der Waals surface area contributed by atoms with Gasteiger partial charge in [0.2, 0.25) is 15.0 Å². The minimum Gasteiger partial charge on any atom is -0.356 e. The van der Waals surface area contributed by atoms with Crippen molar-refractivity contribution in [3.05, 3.63) is 54.5 Å². The van der Waals surface area contributed by atoms with Gasteiger partial charge in [0.1, 0.15) is 5.75 Å². The standard InChI is InChI=1S/C16H15N3O3S/c20-23(21,16-17-8-9-19(16)14-6-7-14)11-13-10-15(22-18-13)12-4-2-1-3-5-12/h1-5,8-10,14H,6-7,11H2. The number of imidazole rings is 1. The van der Waals surface area contributed by atoms with Crippen LogP contribution < -0.4 is 0 Å². The molecule has 1 saturated carbocycles. The number of aromatic nitrogens is 3. The van der Waals surface area contributed by atoms with Crippen LogP contribution in [0.1, 0.15) is 24.6 Å². The van der Waals surface area contributed by atoms with Crippen molar-refractivity contribution in [3.63, 3.8) is 0 Å². The molecule has 1 aromatic carbocycles. The fraction of sp³-hybridized carbons (Fsp3) is 0.250. The molecule has 6 nitrogen and oxygen atoms in total. The first kappa shape index (κ1) is 14.2. The van der Waals surface area contributed by atoms with Gasteiger partial charge in [-0.15, -0.1) is 0 Å². The molecule has 0 saturated heterocycles. The molecule has 1 aliphatic rings. The van der Waals surface area contributed by atoms with Gasteiger partial charge in [-0.05, 0) is 12.8 Å². The van der Waals surface area contributed by atoms with E-state index in [0.717, 1.165) is 18.4 Å². The zero-order valence-corrected chi connectivity index (χ0v) is 13.1. The van der Waals surface area contributed by atoms with Crippen molar-refractivity contribution in [2.75, 3.05) is 0 Å². The van der Waals surface area contributed by atoms with Crippen molar-refractivity contribution in [1.29, 1.82) is 0 Å². The van der Waals surface area contributed by atoms with Crippen LogP contribution in [0, 0.1) is 0 Å². The lowest BCUT2D eigenvalue weighted by Gasteiger charge is -2.05. The van der Waals surface area contributed by atoms with Crippen molar-refractivity contribution in [2.24, 2.45) is 0 Å². The van der Waals surface area contributed by atoms with Crippen LogP contribution in [0.5, 0.6) is 0 Å². The van der Waals surface area contributed by atoms with Crippen molar-refractivity contribution in [1.82, 2.24) is 14.7 Å². The molecular formula is C16H15N3O3S. The van der Waals surface area contributed by atoms with Gasteiger partial charge in [-0.3, -0.25) is 0 Å². The van der Waals surface area contributed by atoms with Crippen molar-refractivity contribution in [3.8, 4) is 11.3 Å². The Morgan fingerprint density at radius 1 is 1.22 bits per heavy atom. The molecule has 0 atom stereocenters. The molecule has 0 amide bonds. The third-order valence-corrected chi connectivity index (χ3v) is 5.36. The minimum absolute atomic E-state index is 0.115. The molecule has 0 radical (unpaired) electrons. The lowest BCUT2D eigenvalue weighted by atomic mass is 10.2. The quantitative estimate of drug-likeness (QED) is 0.719. The normalized spacial score (nSPS) is 15.0. The Hall–Kier alpha value is -2.41. The number of benzene rings is 1. The van der Waals surface area contributed by atoms with E-state index in [1.54, 1.807) is 16.8 Å². The molecule has 2 heterocycles. The van der Waals surface area contributed by atoms with Crippen LogP contribution in [0.3, 0.4) is 0 Å². The predicted molar refractivity (Wildman–Crippen MR) is 83.3 cm³/mol. The second kappa shape index (κ2) is 5.34. The van der Waals surface area contributed by atoms with Gasteiger partial charge >= 0.3 is 0 Å². The maximum absolute atomic E-state index is 12.6. The van der Waals surface area contributed by atoms with Crippen LogP contribution in [-0.4, -0.2) is 23.1 Å². The topological polar surface area (TPSA) is 78.0 Å². The van der Waals surface area contributed by atoms with Crippen LogP contribution in [0.15, 0.2) is 58.5 Å². The van der Waals surface area contributed by atoms with Gasteiger partial charge in [0.25, 0.3) is 0 Å². The summed E-state index contributed by atoms with van der Waals surface area (Å²) >= 11 is 0. The molecule has 23 heavy (non-hydrogen) atoms. The van der Waals surface area contributed by atoms with Crippen LogP contribution in [0.2, 0.25) is 0 Å². The smallest absolute Gasteiger partial charge is 0.228 e. The van der Waals surface area contributed by atoms with Gasteiger partial charge in [-0.25, -0.2) is 13.4 Å². The molecule has 0 bridgehead atoms. The average Bonchev–Trinajstić information content (AvgIpc) is 3.09. The SMILES string of the molecule is O=S(=O)(Cc1cc(-c2ccccc2)on1)c1nccn1C1CC1. The molecule has 7 heteroatoms. The number of hydrogen-bond donors (Lipinski definition) is 0. The molecule has 0 unspecified atom stereocenters. The Morgan fingerprint density at radius 2 is 2.00 bits per heavy atom. The molecule has 2 aromatic heterocycles. The van der Waals surface area contributed by atoms with Crippen LogP contribution >= 0.6 is 0 Å². The minimum atomic E-state index is -3.55.